The molecule has 0 atom stereocenters. The summed E-state index contributed by atoms with van der Waals surface area (Å²) < 4.78 is 8.63. The minimum absolute atomic E-state index is 0.229. The lowest BCUT2D eigenvalue weighted by Gasteiger charge is -2.06. The standard InChI is InChI=1S/C14H11BrN2O2/c15-10-5-6-17-11(8-16-14(17)7-10)9-19-13-3-1-12(18)2-4-13/h1-8,18H,9H2. The van der Waals surface area contributed by atoms with Crippen molar-refractivity contribution in [3.8, 4) is 11.5 Å². The Kier molecular flexibility index (Phi) is 3.13. The number of phenolic OH excluding ortho intramolecular Hbond substituents is 1. The van der Waals surface area contributed by atoms with Crippen LogP contribution in [0.25, 0.3) is 5.65 Å². The Labute approximate surface area is 118 Å². The lowest BCUT2D eigenvalue weighted by Crippen LogP contribution is -1.99. The second-order valence-electron chi connectivity index (χ2n) is 4.11. The van der Waals surface area contributed by atoms with Crippen LogP contribution in [0.1, 0.15) is 5.69 Å². The summed E-state index contributed by atoms with van der Waals surface area (Å²) in [7, 11) is 0. The topological polar surface area (TPSA) is 46.8 Å². The molecule has 0 aliphatic carbocycles. The number of rotatable bonds is 3. The number of aromatic nitrogens is 2. The predicted molar refractivity (Wildman–Crippen MR) is 75.3 cm³/mol. The minimum atomic E-state index is 0.229. The van der Waals surface area contributed by atoms with Crippen LogP contribution in [0.15, 0.2) is 53.3 Å². The van der Waals surface area contributed by atoms with E-state index in [0.717, 1.165) is 15.8 Å². The zero-order valence-electron chi connectivity index (χ0n) is 9.95. The number of benzene rings is 1. The highest BCUT2D eigenvalue weighted by atomic mass is 79.9. The first-order valence-corrected chi connectivity index (χ1v) is 6.55. The third-order valence-corrected chi connectivity index (χ3v) is 3.27. The van der Waals surface area contributed by atoms with Gasteiger partial charge < -0.3 is 14.2 Å². The van der Waals surface area contributed by atoms with Gasteiger partial charge in [-0.3, -0.25) is 0 Å². The van der Waals surface area contributed by atoms with Gasteiger partial charge in [0.05, 0.1) is 11.9 Å². The molecule has 0 amide bonds. The molecule has 3 aromatic rings. The van der Waals surface area contributed by atoms with E-state index in [1.54, 1.807) is 30.5 Å². The van der Waals surface area contributed by atoms with Gasteiger partial charge >= 0.3 is 0 Å². The Balaban J connectivity index is 1.80. The number of imidazole rings is 1. The normalized spacial score (nSPS) is 10.8. The summed E-state index contributed by atoms with van der Waals surface area (Å²) >= 11 is 3.42. The second kappa shape index (κ2) is 4.93. The van der Waals surface area contributed by atoms with Crippen LogP contribution in [0.4, 0.5) is 0 Å². The number of phenols is 1. The van der Waals surface area contributed by atoms with Crippen molar-refractivity contribution >= 4 is 21.6 Å². The number of hydrogen-bond donors (Lipinski definition) is 1. The van der Waals surface area contributed by atoms with Gasteiger partial charge in [0.1, 0.15) is 23.8 Å². The van der Waals surface area contributed by atoms with Crippen LogP contribution in [0.5, 0.6) is 11.5 Å². The molecule has 0 spiro atoms. The maximum Gasteiger partial charge on any atom is 0.138 e. The Morgan fingerprint density at radius 1 is 1.21 bits per heavy atom. The van der Waals surface area contributed by atoms with Crippen LogP contribution in [-0.4, -0.2) is 14.5 Å². The highest BCUT2D eigenvalue weighted by molar-refractivity contribution is 9.10. The first kappa shape index (κ1) is 12.0. The van der Waals surface area contributed by atoms with E-state index in [9.17, 15) is 5.11 Å². The van der Waals surface area contributed by atoms with Gasteiger partial charge in [0.2, 0.25) is 0 Å². The molecular weight excluding hydrogens is 308 g/mol. The average Bonchev–Trinajstić information content (AvgIpc) is 2.80. The molecule has 0 fully saturated rings. The van der Waals surface area contributed by atoms with Gasteiger partial charge in [-0.2, -0.15) is 0 Å². The van der Waals surface area contributed by atoms with Gasteiger partial charge in [0, 0.05) is 10.7 Å². The summed E-state index contributed by atoms with van der Waals surface area (Å²) in [5.74, 6) is 0.942. The van der Waals surface area contributed by atoms with E-state index in [2.05, 4.69) is 20.9 Å². The van der Waals surface area contributed by atoms with E-state index in [1.807, 2.05) is 22.7 Å². The lowest BCUT2D eigenvalue weighted by atomic mass is 10.3. The molecule has 0 saturated carbocycles. The van der Waals surface area contributed by atoms with Gasteiger partial charge in [0.15, 0.2) is 0 Å². The van der Waals surface area contributed by atoms with Crippen molar-refractivity contribution in [2.75, 3.05) is 0 Å². The first-order chi connectivity index (χ1) is 9.22. The minimum Gasteiger partial charge on any atom is -0.508 e. The number of aromatic hydroxyl groups is 1. The molecule has 4 nitrogen and oxygen atoms in total. The molecular formula is C14H11BrN2O2. The zero-order chi connectivity index (χ0) is 13.2. The third-order valence-electron chi connectivity index (χ3n) is 2.78. The molecule has 1 N–H and O–H groups in total. The van der Waals surface area contributed by atoms with Gasteiger partial charge in [0.25, 0.3) is 0 Å². The lowest BCUT2D eigenvalue weighted by molar-refractivity contribution is 0.300. The highest BCUT2D eigenvalue weighted by Gasteiger charge is 2.04. The summed E-state index contributed by atoms with van der Waals surface area (Å²) in [6.07, 6.45) is 3.74. The number of halogens is 1. The van der Waals surface area contributed by atoms with E-state index in [0.29, 0.717) is 12.4 Å². The fourth-order valence-corrected chi connectivity index (χ4v) is 2.14. The summed E-state index contributed by atoms with van der Waals surface area (Å²) in [6, 6.07) is 10.6. The Hall–Kier alpha value is -2.01. The molecule has 0 aliphatic rings. The van der Waals surface area contributed by atoms with Crippen LogP contribution >= 0.6 is 15.9 Å². The van der Waals surface area contributed by atoms with Gasteiger partial charge in [-0.1, -0.05) is 15.9 Å². The molecule has 96 valence electrons. The van der Waals surface area contributed by atoms with Crippen molar-refractivity contribution in [1.82, 2.24) is 9.38 Å². The van der Waals surface area contributed by atoms with Gasteiger partial charge in [-0.25, -0.2) is 4.98 Å². The monoisotopic (exact) mass is 318 g/mol. The molecule has 0 bridgehead atoms. The number of nitrogens with zero attached hydrogens (tertiary/aromatic N) is 2. The maximum absolute atomic E-state index is 9.20. The molecule has 0 saturated heterocycles. The van der Waals surface area contributed by atoms with Crippen LogP contribution < -0.4 is 4.74 Å². The van der Waals surface area contributed by atoms with E-state index in [-0.39, 0.29) is 5.75 Å². The van der Waals surface area contributed by atoms with Crippen molar-refractivity contribution in [1.29, 1.82) is 0 Å². The fourth-order valence-electron chi connectivity index (χ4n) is 1.81. The van der Waals surface area contributed by atoms with E-state index < -0.39 is 0 Å². The van der Waals surface area contributed by atoms with Crippen LogP contribution in [-0.2, 0) is 6.61 Å². The van der Waals surface area contributed by atoms with Gasteiger partial charge in [-0.15, -0.1) is 0 Å². The van der Waals surface area contributed by atoms with Crippen LogP contribution in [0.3, 0.4) is 0 Å². The number of ether oxygens (including phenoxy) is 1. The molecule has 0 aliphatic heterocycles. The molecule has 2 aromatic heterocycles. The number of pyridine rings is 1. The van der Waals surface area contributed by atoms with Crippen LogP contribution in [0, 0.1) is 0 Å². The van der Waals surface area contributed by atoms with E-state index in [4.69, 9.17) is 4.74 Å². The van der Waals surface area contributed by atoms with Crippen molar-refractivity contribution in [3.63, 3.8) is 0 Å². The Morgan fingerprint density at radius 2 is 2.00 bits per heavy atom. The van der Waals surface area contributed by atoms with Crippen LogP contribution in [0.2, 0.25) is 0 Å². The Morgan fingerprint density at radius 3 is 2.79 bits per heavy atom. The molecule has 0 radical (unpaired) electrons. The van der Waals surface area contributed by atoms with E-state index >= 15 is 0 Å². The molecule has 1 aromatic carbocycles. The predicted octanol–water partition coefficient (Wildman–Crippen LogP) is 3.38. The number of fused-ring (bicyclic) bond motifs is 1. The summed E-state index contributed by atoms with van der Waals surface area (Å²) in [4.78, 5) is 4.32. The third kappa shape index (κ3) is 2.56. The molecule has 2 heterocycles. The van der Waals surface area contributed by atoms with Gasteiger partial charge in [-0.05, 0) is 36.4 Å². The molecule has 0 unspecified atom stereocenters. The zero-order valence-corrected chi connectivity index (χ0v) is 11.5. The number of hydrogen-bond acceptors (Lipinski definition) is 3. The van der Waals surface area contributed by atoms with Crippen molar-refractivity contribution < 1.29 is 9.84 Å². The van der Waals surface area contributed by atoms with Crippen molar-refractivity contribution in [2.45, 2.75) is 6.61 Å². The Bertz CT molecular complexity index is 707. The fraction of sp³-hybridized carbons (Fsp3) is 0.0714. The van der Waals surface area contributed by atoms with Crippen molar-refractivity contribution in [3.05, 3.63) is 59.0 Å². The summed E-state index contributed by atoms with van der Waals surface area (Å²) in [5.41, 5.74) is 1.84. The summed E-state index contributed by atoms with van der Waals surface area (Å²) in [5, 5.41) is 9.20. The maximum atomic E-state index is 9.20. The quantitative estimate of drug-likeness (QED) is 0.805. The second-order valence-corrected chi connectivity index (χ2v) is 5.02. The first-order valence-electron chi connectivity index (χ1n) is 5.76. The van der Waals surface area contributed by atoms with Crippen molar-refractivity contribution in [2.24, 2.45) is 0 Å². The smallest absolute Gasteiger partial charge is 0.138 e. The molecule has 3 rings (SSSR count). The summed E-state index contributed by atoms with van der Waals surface area (Å²) in [6.45, 7) is 0.424. The SMILES string of the molecule is Oc1ccc(OCc2cnc3cc(Br)ccn23)cc1. The average molecular weight is 319 g/mol. The molecule has 19 heavy (non-hydrogen) atoms. The largest absolute Gasteiger partial charge is 0.508 e. The molecule has 5 heteroatoms. The van der Waals surface area contributed by atoms with E-state index in [1.165, 1.54) is 0 Å². The highest BCUT2D eigenvalue weighted by Crippen LogP contribution is 2.18.